The van der Waals surface area contributed by atoms with Gasteiger partial charge in [-0.1, -0.05) is 33.1 Å². The number of aliphatic hydroxyl groups is 1. The lowest BCUT2D eigenvalue weighted by Crippen LogP contribution is -2.04. The summed E-state index contributed by atoms with van der Waals surface area (Å²) in [5.41, 5.74) is 0. The van der Waals surface area contributed by atoms with Crippen molar-refractivity contribution in [2.75, 3.05) is 0 Å². The third kappa shape index (κ3) is 5.92. The van der Waals surface area contributed by atoms with E-state index in [4.69, 9.17) is 5.11 Å². The Hall–Kier alpha value is -0.830. The lowest BCUT2D eigenvalue weighted by molar-refractivity contribution is -0.150. The van der Waals surface area contributed by atoms with Gasteiger partial charge in [-0.3, -0.25) is 0 Å². The molecule has 0 saturated heterocycles. The molecule has 1 atom stereocenters. The number of hydrogen-bond donors (Lipinski definition) is 1. The summed E-state index contributed by atoms with van der Waals surface area (Å²) in [6.07, 6.45) is 5.53. The first-order chi connectivity index (χ1) is 5.70. The molecule has 12 heavy (non-hydrogen) atoms. The second-order valence-corrected chi connectivity index (χ2v) is 2.54. The minimum atomic E-state index is -1.01. The fraction of sp³-hybridized carbons (Fsp3) is 0.667. The van der Waals surface area contributed by atoms with Crippen molar-refractivity contribution in [1.82, 2.24) is 0 Å². The molecule has 0 aromatic carbocycles. The first-order valence-electron chi connectivity index (χ1n) is 4.27. The number of ether oxygens (including phenoxy) is 1. The van der Waals surface area contributed by atoms with E-state index < -0.39 is 12.3 Å². The number of carbonyl (C=O) groups is 1. The Morgan fingerprint density at radius 2 is 2.08 bits per heavy atom. The van der Waals surface area contributed by atoms with Crippen LogP contribution in [-0.2, 0) is 9.53 Å². The van der Waals surface area contributed by atoms with E-state index in [0.29, 0.717) is 0 Å². The summed E-state index contributed by atoms with van der Waals surface area (Å²) in [4.78, 5) is 9.98. The van der Waals surface area contributed by atoms with Gasteiger partial charge >= 0.3 is 5.97 Å². The van der Waals surface area contributed by atoms with Crippen molar-refractivity contribution in [2.24, 2.45) is 0 Å². The standard InChI is InChI=1S/C5H12.C4H4O3/c1-3-5-4-2;5-3-1-2-4(6)7-3/h3-5H2,1-2H3;1-3,5H. The number of esters is 1. The summed E-state index contributed by atoms with van der Waals surface area (Å²) in [7, 11) is 0. The predicted octanol–water partition coefficient (Wildman–Crippen LogP) is 1.61. The molecule has 0 bridgehead atoms. The summed E-state index contributed by atoms with van der Waals surface area (Å²) >= 11 is 0. The highest BCUT2D eigenvalue weighted by Crippen LogP contribution is 1.98. The molecule has 0 aromatic rings. The van der Waals surface area contributed by atoms with Crippen LogP contribution >= 0.6 is 0 Å². The van der Waals surface area contributed by atoms with Crippen LogP contribution in [0.4, 0.5) is 0 Å². The number of carbonyl (C=O) groups excluding carboxylic acids is 1. The van der Waals surface area contributed by atoms with E-state index in [0.717, 1.165) is 0 Å². The first-order valence-corrected chi connectivity index (χ1v) is 4.27. The van der Waals surface area contributed by atoms with Crippen LogP contribution < -0.4 is 0 Å². The smallest absolute Gasteiger partial charge is 0.333 e. The first kappa shape index (κ1) is 11.2. The molecule has 0 amide bonds. The van der Waals surface area contributed by atoms with E-state index in [1.807, 2.05) is 0 Å². The predicted molar refractivity (Wildman–Crippen MR) is 46.4 cm³/mol. The van der Waals surface area contributed by atoms with Crippen LogP contribution in [0.25, 0.3) is 0 Å². The molecule has 0 saturated carbocycles. The van der Waals surface area contributed by atoms with Crippen molar-refractivity contribution in [3.63, 3.8) is 0 Å². The molecule has 3 heteroatoms. The van der Waals surface area contributed by atoms with E-state index >= 15 is 0 Å². The van der Waals surface area contributed by atoms with Crippen molar-refractivity contribution >= 4 is 5.97 Å². The Balaban J connectivity index is 0.000000217. The van der Waals surface area contributed by atoms with Crippen molar-refractivity contribution in [3.8, 4) is 0 Å². The third-order valence-corrected chi connectivity index (χ3v) is 1.34. The highest BCUT2D eigenvalue weighted by molar-refractivity contribution is 5.84. The SMILES string of the molecule is CCCCC.O=C1C=CC(O)O1. The van der Waals surface area contributed by atoms with Gasteiger partial charge in [0.25, 0.3) is 0 Å². The van der Waals surface area contributed by atoms with Gasteiger partial charge in [-0.2, -0.15) is 0 Å². The molecule has 1 aliphatic rings. The third-order valence-electron chi connectivity index (χ3n) is 1.34. The molecule has 1 aliphatic heterocycles. The topological polar surface area (TPSA) is 46.5 Å². The number of hydrogen-bond acceptors (Lipinski definition) is 3. The van der Waals surface area contributed by atoms with Crippen LogP contribution in [0.2, 0.25) is 0 Å². The fourth-order valence-electron chi connectivity index (χ4n) is 0.712. The quantitative estimate of drug-likeness (QED) is 0.644. The molecule has 1 rings (SSSR count). The summed E-state index contributed by atoms with van der Waals surface area (Å²) in [6.45, 7) is 4.42. The largest absolute Gasteiger partial charge is 0.429 e. The molecule has 3 nitrogen and oxygen atoms in total. The van der Waals surface area contributed by atoms with Crippen molar-refractivity contribution in [1.29, 1.82) is 0 Å². The molecule has 0 spiro atoms. The van der Waals surface area contributed by atoms with Gasteiger partial charge in [-0.25, -0.2) is 4.79 Å². The molecular formula is C9H16O3. The Morgan fingerprint density at radius 1 is 1.50 bits per heavy atom. The number of aliphatic hydroxyl groups excluding tert-OH is 1. The molecular weight excluding hydrogens is 156 g/mol. The zero-order valence-electron chi connectivity index (χ0n) is 7.62. The highest BCUT2D eigenvalue weighted by atomic mass is 16.6. The van der Waals surface area contributed by atoms with Crippen LogP contribution in [-0.4, -0.2) is 17.4 Å². The molecule has 0 aromatic heterocycles. The van der Waals surface area contributed by atoms with Gasteiger partial charge in [0.15, 0.2) is 0 Å². The molecule has 1 unspecified atom stereocenters. The lowest BCUT2D eigenvalue weighted by atomic mass is 10.3. The Bertz CT molecular complexity index is 150. The molecule has 70 valence electrons. The molecule has 1 N–H and O–H groups in total. The van der Waals surface area contributed by atoms with Crippen molar-refractivity contribution in [2.45, 2.75) is 39.4 Å². The maximum Gasteiger partial charge on any atom is 0.333 e. The van der Waals surface area contributed by atoms with Crippen molar-refractivity contribution < 1.29 is 14.6 Å². The van der Waals surface area contributed by atoms with E-state index in [-0.39, 0.29) is 0 Å². The van der Waals surface area contributed by atoms with Gasteiger partial charge in [0.05, 0.1) is 0 Å². The summed E-state index contributed by atoms with van der Waals surface area (Å²) < 4.78 is 4.17. The van der Waals surface area contributed by atoms with Gasteiger partial charge < -0.3 is 9.84 Å². The summed E-state index contributed by atoms with van der Waals surface area (Å²) in [6, 6.07) is 0. The van der Waals surface area contributed by atoms with Crippen LogP contribution in [0, 0.1) is 0 Å². The van der Waals surface area contributed by atoms with Gasteiger partial charge in [-0.15, -0.1) is 0 Å². The number of unbranched alkanes of at least 4 members (excludes halogenated alkanes) is 2. The average molecular weight is 172 g/mol. The zero-order valence-corrected chi connectivity index (χ0v) is 7.62. The van der Waals surface area contributed by atoms with Crippen molar-refractivity contribution in [3.05, 3.63) is 12.2 Å². The van der Waals surface area contributed by atoms with E-state index in [2.05, 4.69) is 18.6 Å². The second-order valence-electron chi connectivity index (χ2n) is 2.54. The number of rotatable bonds is 2. The molecule has 0 fully saturated rings. The fourth-order valence-corrected chi connectivity index (χ4v) is 0.712. The average Bonchev–Trinajstić information content (AvgIpc) is 2.38. The molecule has 1 heterocycles. The second kappa shape index (κ2) is 6.85. The lowest BCUT2D eigenvalue weighted by Gasteiger charge is -1.94. The minimum absolute atomic E-state index is 0.479. The van der Waals surface area contributed by atoms with E-state index in [1.54, 1.807) is 0 Å². The Kier molecular flexibility index (Phi) is 6.38. The normalized spacial score (nSPS) is 19.9. The molecule has 0 aliphatic carbocycles. The maximum absolute atomic E-state index is 9.98. The van der Waals surface area contributed by atoms with Gasteiger partial charge in [-0.05, 0) is 6.08 Å². The van der Waals surface area contributed by atoms with Gasteiger partial charge in [0, 0.05) is 6.08 Å². The number of cyclic esters (lactones) is 1. The van der Waals surface area contributed by atoms with Crippen LogP contribution in [0.5, 0.6) is 0 Å². The monoisotopic (exact) mass is 172 g/mol. The Labute approximate surface area is 73.0 Å². The summed E-state index contributed by atoms with van der Waals surface area (Å²) in [5, 5.41) is 8.37. The molecule has 0 radical (unpaired) electrons. The van der Waals surface area contributed by atoms with Crippen LogP contribution in [0.15, 0.2) is 12.2 Å². The van der Waals surface area contributed by atoms with Crippen LogP contribution in [0.3, 0.4) is 0 Å². The summed E-state index contributed by atoms with van der Waals surface area (Å²) in [5.74, 6) is -0.479. The van der Waals surface area contributed by atoms with Gasteiger partial charge in [0.1, 0.15) is 0 Å². The van der Waals surface area contributed by atoms with E-state index in [9.17, 15) is 4.79 Å². The maximum atomic E-state index is 9.98. The van der Waals surface area contributed by atoms with Gasteiger partial charge in [0.2, 0.25) is 6.29 Å². The van der Waals surface area contributed by atoms with Crippen LogP contribution in [0.1, 0.15) is 33.1 Å². The highest BCUT2D eigenvalue weighted by Gasteiger charge is 2.10. The minimum Gasteiger partial charge on any atom is -0.429 e. The van der Waals surface area contributed by atoms with E-state index in [1.165, 1.54) is 31.4 Å². The Morgan fingerprint density at radius 3 is 2.17 bits per heavy atom. The zero-order chi connectivity index (χ0) is 9.40.